The molecule has 5 nitrogen and oxygen atoms in total. The number of hydrogen-bond donors (Lipinski definition) is 2. The van der Waals surface area contributed by atoms with Gasteiger partial charge in [0.2, 0.25) is 10.0 Å². The molecule has 0 radical (unpaired) electrons. The molecular weight excluding hydrogens is 228 g/mol. The molecule has 0 amide bonds. The number of ether oxygens (including phenoxy) is 1. The maximum absolute atomic E-state index is 11.0. The molecule has 0 aliphatic rings. The maximum Gasteiger partial charge on any atom is 0.238 e. The quantitative estimate of drug-likeness (QED) is 0.706. The van der Waals surface area contributed by atoms with Crippen LogP contribution < -0.4 is 15.2 Å². The largest absolute Gasteiger partial charge is 0.494 e. The van der Waals surface area contributed by atoms with Crippen LogP contribution in [0.4, 0.5) is 0 Å². The van der Waals surface area contributed by atoms with Gasteiger partial charge >= 0.3 is 0 Å². The fourth-order valence-electron chi connectivity index (χ4n) is 1.16. The Hall–Kier alpha value is -1.11. The van der Waals surface area contributed by atoms with Gasteiger partial charge in [-0.1, -0.05) is 0 Å². The van der Waals surface area contributed by atoms with Crippen molar-refractivity contribution in [3.8, 4) is 5.75 Å². The molecule has 1 aromatic carbocycles. The fourth-order valence-corrected chi connectivity index (χ4v) is 1.68. The zero-order valence-electron chi connectivity index (χ0n) is 9.14. The van der Waals surface area contributed by atoms with Crippen molar-refractivity contribution in [3.63, 3.8) is 0 Å². The van der Waals surface area contributed by atoms with Crippen molar-refractivity contribution >= 4 is 10.0 Å². The van der Waals surface area contributed by atoms with Gasteiger partial charge < -0.3 is 10.1 Å². The molecule has 0 aliphatic heterocycles. The highest BCUT2D eigenvalue weighted by molar-refractivity contribution is 7.89. The summed E-state index contributed by atoms with van der Waals surface area (Å²) < 4.78 is 27.3. The summed E-state index contributed by atoms with van der Waals surface area (Å²) in [7, 11) is -1.74. The van der Waals surface area contributed by atoms with E-state index in [4.69, 9.17) is 9.88 Å². The number of sulfonamides is 1. The molecule has 0 unspecified atom stereocenters. The predicted molar refractivity (Wildman–Crippen MR) is 61.9 cm³/mol. The summed E-state index contributed by atoms with van der Waals surface area (Å²) in [5, 5.41) is 7.98. The molecule has 0 spiro atoms. The van der Waals surface area contributed by atoms with Gasteiger partial charge in [-0.15, -0.1) is 0 Å². The first-order chi connectivity index (χ1) is 7.54. The van der Waals surface area contributed by atoms with E-state index in [9.17, 15) is 8.42 Å². The van der Waals surface area contributed by atoms with Crippen molar-refractivity contribution in [2.24, 2.45) is 5.14 Å². The molecule has 1 rings (SSSR count). The van der Waals surface area contributed by atoms with Gasteiger partial charge in [-0.05, 0) is 44.3 Å². The smallest absolute Gasteiger partial charge is 0.238 e. The van der Waals surface area contributed by atoms with Crippen LogP contribution in [0.5, 0.6) is 5.75 Å². The van der Waals surface area contributed by atoms with Gasteiger partial charge in [0, 0.05) is 0 Å². The van der Waals surface area contributed by atoms with Gasteiger partial charge in [-0.25, -0.2) is 13.6 Å². The molecule has 0 aliphatic carbocycles. The Balaban J connectivity index is 2.52. The Bertz CT molecular complexity index is 414. The SMILES string of the molecule is CNCCCOc1ccc(S(N)(=O)=O)cc1. The topological polar surface area (TPSA) is 81.4 Å². The summed E-state index contributed by atoms with van der Waals surface area (Å²) >= 11 is 0. The van der Waals surface area contributed by atoms with E-state index in [-0.39, 0.29) is 4.90 Å². The summed E-state index contributed by atoms with van der Waals surface area (Å²) in [6.45, 7) is 1.48. The van der Waals surface area contributed by atoms with Crippen molar-refractivity contribution in [1.82, 2.24) is 5.32 Å². The normalized spacial score (nSPS) is 11.4. The lowest BCUT2D eigenvalue weighted by Gasteiger charge is -2.06. The van der Waals surface area contributed by atoms with Crippen LogP contribution in [0.2, 0.25) is 0 Å². The van der Waals surface area contributed by atoms with Crippen LogP contribution in [0.15, 0.2) is 29.2 Å². The zero-order chi connectivity index (χ0) is 12.0. The van der Waals surface area contributed by atoms with Gasteiger partial charge in [0.15, 0.2) is 0 Å². The van der Waals surface area contributed by atoms with E-state index >= 15 is 0 Å². The summed E-state index contributed by atoms with van der Waals surface area (Å²) in [5.74, 6) is 0.642. The highest BCUT2D eigenvalue weighted by Gasteiger charge is 2.06. The summed E-state index contributed by atoms with van der Waals surface area (Å²) in [4.78, 5) is 0.0927. The van der Waals surface area contributed by atoms with E-state index in [2.05, 4.69) is 5.32 Å². The summed E-state index contributed by atoms with van der Waals surface area (Å²) in [6.07, 6.45) is 0.896. The molecule has 1 aromatic rings. The molecule has 90 valence electrons. The second-order valence-electron chi connectivity index (χ2n) is 3.32. The lowest BCUT2D eigenvalue weighted by Crippen LogP contribution is -2.12. The minimum atomic E-state index is -3.61. The average Bonchev–Trinajstić information content (AvgIpc) is 2.24. The minimum absolute atomic E-state index is 0.0927. The van der Waals surface area contributed by atoms with Crippen LogP contribution in [0.25, 0.3) is 0 Å². The average molecular weight is 244 g/mol. The van der Waals surface area contributed by atoms with Crippen LogP contribution in [0.1, 0.15) is 6.42 Å². The predicted octanol–water partition coefficient (Wildman–Crippen LogP) is 0.322. The van der Waals surface area contributed by atoms with Crippen molar-refractivity contribution in [1.29, 1.82) is 0 Å². The number of nitrogens with one attached hydrogen (secondary N) is 1. The molecule has 0 heterocycles. The molecule has 0 saturated carbocycles. The highest BCUT2D eigenvalue weighted by Crippen LogP contribution is 2.14. The first-order valence-electron chi connectivity index (χ1n) is 4.94. The molecule has 0 bridgehead atoms. The van der Waals surface area contributed by atoms with Crippen LogP contribution in [-0.2, 0) is 10.0 Å². The van der Waals surface area contributed by atoms with Gasteiger partial charge in [0.1, 0.15) is 5.75 Å². The minimum Gasteiger partial charge on any atom is -0.494 e. The third-order valence-electron chi connectivity index (χ3n) is 1.99. The van der Waals surface area contributed by atoms with Crippen molar-refractivity contribution < 1.29 is 13.2 Å². The molecule has 16 heavy (non-hydrogen) atoms. The Morgan fingerprint density at radius 3 is 2.44 bits per heavy atom. The zero-order valence-corrected chi connectivity index (χ0v) is 9.96. The van der Waals surface area contributed by atoms with Crippen molar-refractivity contribution in [3.05, 3.63) is 24.3 Å². The Morgan fingerprint density at radius 1 is 1.31 bits per heavy atom. The van der Waals surface area contributed by atoms with Crippen LogP contribution in [-0.4, -0.2) is 28.6 Å². The van der Waals surface area contributed by atoms with E-state index in [0.29, 0.717) is 12.4 Å². The van der Waals surface area contributed by atoms with Crippen LogP contribution in [0.3, 0.4) is 0 Å². The van der Waals surface area contributed by atoms with Gasteiger partial charge in [0.25, 0.3) is 0 Å². The maximum atomic E-state index is 11.0. The summed E-state index contributed by atoms with van der Waals surface area (Å²) in [5.41, 5.74) is 0. The first kappa shape index (κ1) is 13.0. The van der Waals surface area contributed by atoms with Gasteiger partial charge in [-0.3, -0.25) is 0 Å². The van der Waals surface area contributed by atoms with Gasteiger partial charge in [0.05, 0.1) is 11.5 Å². The van der Waals surface area contributed by atoms with Crippen molar-refractivity contribution in [2.45, 2.75) is 11.3 Å². The van der Waals surface area contributed by atoms with E-state index < -0.39 is 10.0 Å². The Labute approximate surface area is 95.7 Å². The second kappa shape index (κ2) is 5.83. The number of primary sulfonamides is 1. The number of nitrogens with two attached hydrogens (primary N) is 1. The molecule has 6 heteroatoms. The van der Waals surface area contributed by atoms with Crippen molar-refractivity contribution in [2.75, 3.05) is 20.2 Å². The first-order valence-corrected chi connectivity index (χ1v) is 6.49. The molecule has 0 saturated heterocycles. The van der Waals surface area contributed by atoms with Crippen LogP contribution >= 0.6 is 0 Å². The Kier molecular flexibility index (Phi) is 4.72. The molecular formula is C10H16N2O3S. The molecule has 0 aromatic heterocycles. The Morgan fingerprint density at radius 2 is 1.94 bits per heavy atom. The molecule has 0 fully saturated rings. The molecule has 0 atom stereocenters. The number of hydrogen-bond acceptors (Lipinski definition) is 4. The summed E-state index contributed by atoms with van der Waals surface area (Å²) in [6, 6.07) is 6.06. The third kappa shape index (κ3) is 4.18. The van der Waals surface area contributed by atoms with E-state index in [1.54, 1.807) is 12.1 Å². The van der Waals surface area contributed by atoms with Gasteiger partial charge in [-0.2, -0.15) is 0 Å². The van der Waals surface area contributed by atoms with E-state index in [1.165, 1.54) is 12.1 Å². The fraction of sp³-hybridized carbons (Fsp3) is 0.400. The highest BCUT2D eigenvalue weighted by atomic mass is 32.2. The van der Waals surface area contributed by atoms with E-state index in [1.807, 2.05) is 7.05 Å². The number of benzene rings is 1. The monoisotopic (exact) mass is 244 g/mol. The standard InChI is InChI=1S/C10H16N2O3S/c1-12-7-2-8-15-9-3-5-10(6-4-9)16(11,13)14/h3-6,12H,2,7-8H2,1H3,(H2,11,13,14). The number of rotatable bonds is 6. The third-order valence-corrected chi connectivity index (χ3v) is 2.92. The van der Waals surface area contributed by atoms with Crippen LogP contribution in [0, 0.1) is 0 Å². The second-order valence-corrected chi connectivity index (χ2v) is 4.88. The lowest BCUT2D eigenvalue weighted by atomic mass is 10.3. The lowest BCUT2D eigenvalue weighted by molar-refractivity contribution is 0.309. The van der Waals surface area contributed by atoms with E-state index in [0.717, 1.165) is 13.0 Å². The molecule has 3 N–H and O–H groups in total.